The second-order valence-electron chi connectivity index (χ2n) is 5.36. The van der Waals surface area contributed by atoms with Crippen LogP contribution in [0.4, 0.5) is 0 Å². The molecular weight excluding hydrogens is 272 g/mol. The minimum absolute atomic E-state index is 0.0598. The van der Waals surface area contributed by atoms with Crippen LogP contribution in [0.25, 0.3) is 0 Å². The fraction of sp³-hybridized carbons (Fsp3) is 0.467. The molecule has 2 rings (SSSR count). The number of β-amino-alcohol motifs (C(OH)–C–C–N with tert-alkyl or cyclic N) is 1. The van der Waals surface area contributed by atoms with E-state index in [1.165, 1.54) is 4.90 Å². The second-order valence-corrected chi connectivity index (χ2v) is 5.36. The van der Waals surface area contributed by atoms with E-state index in [1.54, 1.807) is 25.3 Å². The van der Waals surface area contributed by atoms with Gasteiger partial charge in [0.25, 0.3) is 11.8 Å². The summed E-state index contributed by atoms with van der Waals surface area (Å²) in [6, 6.07) is 7.12. The average molecular weight is 292 g/mol. The van der Waals surface area contributed by atoms with Gasteiger partial charge in [0.1, 0.15) is 0 Å². The molecule has 0 saturated carbocycles. The van der Waals surface area contributed by atoms with Crippen molar-refractivity contribution in [3.8, 4) is 0 Å². The van der Waals surface area contributed by atoms with Gasteiger partial charge >= 0.3 is 0 Å². The molecule has 1 heterocycles. The quantitative estimate of drug-likeness (QED) is 0.834. The van der Waals surface area contributed by atoms with Gasteiger partial charge in [-0.3, -0.25) is 9.59 Å². The molecule has 0 bridgehead atoms. The number of carbonyl (C=O) groups is 2. The minimum atomic E-state index is -1.63. The number of ether oxygens (including phenoxy) is 1. The van der Waals surface area contributed by atoms with Gasteiger partial charge in [-0.25, -0.2) is 0 Å². The van der Waals surface area contributed by atoms with E-state index in [-0.39, 0.29) is 18.9 Å². The number of hydrogen-bond acceptors (Lipinski definition) is 4. The molecule has 114 valence electrons. The number of rotatable bonds is 4. The molecule has 1 fully saturated rings. The number of hydrogen-bond donors (Lipinski definition) is 2. The maximum Gasteiger partial charge on any atom is 0.253 e. The van der Waals surface area contributed by atoms with Gasteiger partial charge in [0.05, 0.1) is 13.2 Å². The lowest BCUT2D eigenvalue weighted by Gasteiger charge is -2.37. The number of carbonyl (C=O) groups excluding carboxylic acids is 2. The van der Waals surface area contributed by atoms with Crippen LogP contribution in [0.1, 0.15) is 28.8 Å². The van der Waals surface area contributed by atoms with Gasteiger partial charge in [-0.15, -0.1) is 0 Å². The van der Waals surface area contributed by atoms with Crippen molar-refractivity contribution in [1.82, 2.24) is 4.90 Å². The summed E-state index contributed by atoms with van der Waals surface area (Å²) in [6.07, 6.45) is 0.832. The molecule has 21 heavy (non-hydrogen) atoms. The van der Waals surface area contributed by atoms with Crippen molar-refractivity contribution in [2.75, 3.05) is 20.2 Å². The maximum absolute atomic E-state index is 12.5. The highest BCUT2D eigenvalue weighted by atomic mass is 16.5. The minimum Gasteiger partial charge on any atom is -0.380 e. The van der Waals surface area contributed by atoms with Crippen LogP contribution >= 0.6 is 0 Å². The zero-order valence-electron chi connectivity index (χ0n) is 12.0. The molecule has 1 unspecified atom stereocenters. The number of amides is 2. The van der Waals surface area contributed by atoms with E-state index in [2.05, 4.69) is 0 Å². The Morgan fingerprint density at radius 3 is 2.90 bits per heavy atom. The lowest BCUT2D eigenvalue weighted by atomic mass is 9.91. The largest absolute Gasteiger partial charge is 0.380 e. The van der Waals surface area contributed by atoms with Crippen LogP contribution in [0.2, 0.25) is 0 Å². The highest BCUT2D eigenvalue weighted by Gasteiger charge is 2.40. The number of benzene rings is 1. The van der Waals surface area contributed by atoms with Crippen molar-refractivity contribution < 1.29 is 19.4 Å². The zero-order valence-corrected chi connectivity index (χ0v) is 12.0. The van der Waals surface area contributed by atoms with E-state index in [4.69, 9.17) is 10.5 Å². The molecule has 1 aromatic rings. The van der Waals surface area contributed by atoms with Gasteiger partial charge in [0.2, 0.25) is 0 Å². The molecule has 1 atom stereocenters. The first-order chi connectivity index (χ1) is 9.96. The fourth-order valence-corrected chi connectivity index (χ4v) is 2.55. The van der Waals surface area contributed by atoms with Crippen LogP contribution < -0.4 is 5.73 Å². The summed E-state index contributed by atoms with van der Waals surface area (Å²) in [4.78, 5) is 25.3. The van der Waals surface area contributed by atoms with E-state index in [9.17, 15) is 14.7 Å². The Bertz CT molecular complexity index is 546. The van der Waals surface area contributed by atoms with Crippen LogP contribution in [0, 0.1) is 0 Å². The molecule has 0 radical (unpaired) electrons. The lowest BCUT2D eigenvalue weighted by Crippen LogP contribution is -2.57. The van der Waals surface area contributed by atoms with Gasteiger partial charge in [0, 0.05) is 19.2 Å². The number of nitrogens with zero attached hydrogens (tertiary/aromatic N) is 1. The molecule has 1 aromatic carbocycles. The molecule has 6 heteroatoms. The lowest BCUT2D eigenvalue weighted by molar-refractivity contribution is -0.140. The van der Waals surface area contributed by atoms with Crippen LogP contribution in [-0.2, 0) is 16.1 Å². The van der Waals surface area contributed by atoms with Gasteiger partial charge in [-0.2, -0.15) is 0 Å². The Labute approximate surface area is 123 Å². The molecule has 0 spiro atoms. The van der Waals surface area contributed by atoms with Crippen molar-refractivity contribution in [2.24, 2.45) is 5.73 Å². The van der Waals surface area contributed by atoms with Gasteiger partial charge in [0.15, 0.2) is 5.60 Å². The van der Waals surface area contributed by atoms with Gasteiger partial charge in [-0.1, -0.05) is 12.1 Å². The smallest absolute Gasteiger partial charge is 0.253 e. The topological polar surface area (TPSA) is 92.9 Å². The molecule has 0 aromatic heterocycles. The van der Waals surface area contributed by atoms with Gasteiger partial charge in [-0.05, 0) is 30.5 Å². The molecule has 1 saturated heterocycles. The fourth-order valence-electron chi connectivity index (χ4n) is 2.55. The predicted molar refractivity (Wildman–Crippen MR) is 76.4 cm³/mol. The average Bonchev–Trinajstić information content (AvgIpc) is 2.47. The van der Waals surface area contributed by atoms with E-state index >= 15 is 0 Å². The highest BCUT2D eigenvalue weighted by Crippen LogP contribution is 2.22. The Hall–Kier alpha value is -1.92. The molecule has 6 nitrogen and oxygen atoms in total. The SMILES string of the molecule is COCc1cccc(C(=O)N2CCCC(O)(C(N)=O)C2)c1. The van der Waals surface area contributed by atoms with Crippen molar-refractivity contribution in [1.29, 1.82) is 0 Å². The van der Waals surface area contributed by atoms with Crippen LogP contribution in [-0.4, -0.2) is 47.6 Å². The van der Waals surface area contributed by atoms with E-state index in [0.717, 1.165) is 5.56 Å². The normalized spacial score (nSPS) is 22.1. The van der Waals surface area contributed by atoms with Crippen LogP contribution in [0.5, 0.6) is 0 Å². The predicted octanol–water partition coefficient (Wildman–Crippen LogP) is 0.285. The van der Waals surface area contributed by atoms with Crippen molar-refractivity contribution in [2.45, 2.75) is 25.0 Å². The molecule has 1 aliphatic rings. The second kappa shape index (κ2) is 6.24. The number of aliphatic hydroxyl groups is 1. The van der Waals surface area contributed by atoms with Crippen LogP contribution in [0.3, 0.4) is 0 Å². The number of piperidine rings is 1. The van der Waals surface area contributed by atoms with Crippen molar-refractivity contribution in [3.63, 3.8) is 0 Å². The molecular formula is C15H20N2O4. The summed E-state index contributed by atoms with van der Waals surface area (Å²) < 4.78 is 5.05. The van der Waals surface area contributed by atoms with Crippen molar-refractivity contribution in [3.05, 3.63) is 35.4 Å². The van der Waals surface area contributed by atoms with Crippen LogP contribution in [0.15, 0.2) is 24.3 Å². The summed E-state index contributed by atoms with van der Waals surface area (Å²) in [5.41, 5.74) is 5.00. The highest BCUT2D eigenvalue weighted by molar-refractivity contribution is 5.95. The Balaban J connectivity index is 2.16. The molecule has 0 aliphatic carbocycles. The number of likely N-dealkylation sites (tertiary alicyclic amines) is 1. The molecule has 1 aliphatic heterocycles. The summed E-state index contributed by atoms with van der Waals surface area (Å²) in [5.74, 6) is -1.000. The maximum atomic E-state index is 12.5. The monoisotopic (exact) mass is 292 g/mol. The zero-order chi connectivity index (χ0) is 15.5. The number of nitrogens with two attached hydrogens (primary N) is 1. The molecule has 2 amide bonds. The third-order valence-electron chi connectivity index (χ3n) is 3.70. The standard InChI is InChI=1S/C15H20N2O4/c1-21-9-11-4-2-5-12(8-11)13(18)17-7-3-6-15(20,10-17)14(16)19/h2,4-5,8,20H,3,6-7,9-10H2,1H3,(H2,16,19). The van der Waals surface area contributed by atoms with E-state index < -0.39 is 11.5 Å². The third kappa shape index (κ3) is 3.40. The Morgan fingerprint density at radius 2 is 2.24 bits per heavy atom. The molecule has 3 N–H and O–H groups in total. The first-order valence-corrected chi connectivity index (χ1v) is 6.86. The van der Waals surface area contributed by atoms with E-state index in [1.807, 2.05) is 6.07 Å². The first kappa shape index (κ1) is 15.5. The summed E-state index contributed by atoms with van der Waals surface area (Å²) >= 11 is 0. The summed E-state index contributed by atoms with van der Waals surface area (Å²) in [6.45, 7) is 0.866. The Morgan fingerprint density at radius 1 is 1.48 bits per heavy atom. The van der Waals surface area contributed by atoms with E-state index in [0.29, 0.717) is 25.1 Å². The van der Waals surface area contributed by atoms with Gasteiger partial charge < -0.3 is 20.5 Å². The Kier molecular flexibility index (Phi) is 4.59. The third-order valence-corrected chi connectivity index (χ3v) is 3.70. The summed E-state index contributed by atoms with van der Waals surface area (Å²) in [5, 5.41) is 10.2. The van der Waals surface area contributed by atoms with Crippen molar-refractivity contribution >= 4 is 11.8 Å². The first-order valence-electron chi connectivity index (χ1n) is 6.86. The number of methoxy groups -OCH3 is 1. The summed E-state index contributed by atoms with van der Waals surface area (Å²) in [7, 11) is 1.59. The number of primary amides is 1.